The predicted molar refractivity (Wildman–Crippen MR) is 88.2 cm³/mol. The highest BCUT2D eigenvalue weighted by Crippen LogP contribution is 2.12. The summed E-state index contributed by atoms with van der Waals surface area (Å²) in [7, 11) is 0. The van der Waals surface area contributed by atoms with Gasteiger partial charge in [0.05, 0.1) is 0 Å². The molecule has 0 aliphatic rings. The van der Waals surface area contributed by atoms with E-state index in [9.17, 15) is 9.59 Å². The number of nitrogens with zero attached hydrogens (tertiary/aromatic N) is 3. The van der Waals surface area contributed by atoms with E-state index in [1.807, 2.05) is 32.9 Å². The van der Waals surface area contributed by atoms with E-state index in [0.717, 1.165) is 18.2 Å². The molecule has 118 valence electrons. The Hall–Kier alpha value is -2.17. The summed E-state index contributed by atoms with van der Waals surface area (Å²) < 4.78 is 1.57. The average Bonchev–Trinajstić information content (AvgIpc) is 2.53. The molecule has 0 bridgehead atoms. The van der Waals surface area contributed by atoms with Gasteiger partial charge in [-0.05, 0) is 38.0 Å². The molecule has 22 heavy (non-hydrogen) atoms. The number of hydrogen-bond acceptors (Lipinski definition) is 3. The summed E-state index contributed by atoms with van der Waals surface area (Å²) in [6.45, 7) is 7.79. The van der Waals surface area contributed by atoms with E-state index in [1.54, 1.807) is 21.7 Å². The maximum Gasteiger partial charge on any atom is 0.265 e. The maximum atomic E-state index is 12.7. The molecule has 0 aliphatic heterocycles. The fraction of sp³-hybridized carbons (Fsp3) is 0.471. The summed E-state index contributed by atoms with van der Waals surface area (Å²) in [6, 6.07) is 5.38. The van der Waals surface area contributed by atoms with Gasteiger partial charge in [0.2, 0.25) is 0 Å². The molecule has 0 saturated heterocycles. The lowest BCUT2D eigenvalue weighted by Gasteiger charge is -2.21. The monoisotopic (exact) mass is 301 g/mol. The van der Waals surface area contributed by atoms with Crippen LogP contribution in [0.25, 0.3) is 11.0 Å². The second-order valence-electron chi connectivity index (χ2n) is 5.32. The molecule has 5 nitrogen and oxygen atoms in total. The van der Waals surface area contributed by atoms with Gasteiger partial charge in [0.25, 0.3) is 11.5 Å². The van der Waals surface area contributed by atoms with E-state index in [-0.39, 0.29) is 17.0 Å². The summed E-state index contributed by atoms with van der Waals surface area (Å²) in [5.41, 5.74) is 0.615. The predicted octanol–water partition coefficient (Wildman–Crippen LogP) is 2.68. The number of aromatic nitrogens is 2. The molecular weight excluding hydrogens is 278 g/mol. The van der Waals surface area contributed by atoms with E-state index in [2.05, 4.69) is 4.98 Å². The van der Waals surface area contributed by atoms with Crippen molar-refractivity contribution in [1.82, 2.24) is 14.5 Å². The van der Waals surface area contributed by atoms with Crippen molar-refractivity contribution >= 4 is 16.9 Å². The standard InChI is InChI=1S/C17H23N3O2/c1-4-10-19(11-5-2)16(21)14-12-13-8-7-9-18-15(13)20(6-3)17(14)22/h7-9,12H,4-6,10-11H2,1-3H3. The minimum atomic E-state index is -0.254. The fourth-order valence-corrected chi connectivity index (χ4v) is 2.68. The summed E-state index contributed by atoms with van der Waals surface area (Å²) in [5.74, 6) is -0.179. The van der Waals surface area contributed by atoms with Crippen LogP contribution < -0.4 is 5.56 Å². The zero-order chi connectivity index (χ0) is 16.1. The highest BCUT2D eigenvalue weighted by molar-refractivity contribution is 5.96. The molecular formula is C17H23N3O2. The average molecular weight is 301 g/mol. The first-order chi connectivity index (χ1) is 10.6. The quantitative estimate of drug-likeness (QED) is 0.824. The normalized spacial score (nSPS) is 10.9. The molecule has 0 spiro atoms. The van der Waals surface area contributed by atoms with Crippen LogP contribution in [-0.4, -0.2) is 33.4 Å². The lowest BCUT2D eigenvalue weighted by atomic mass is 10.1. The maximum absolute atomic E-state index is 12.7. The zero-order valence-corrected chi connectivity index (χ0v) is 13.5. The van der Waals surface area contributed by atoms with Gasteiger partial charge in [0.15, 0.2) is 0 Å². The molecule has 2 rings (SSSR count). The van der Waals surface area contributed by atoms with E-state index in [4.69, 9.17) is 0 Å². The third kappa shape index (κ3) is 3.03. The second kappa shape index (κ2) is 7.20. The van der Waals surface area contributed by atoms with E-state index in [0.29, 0.717) is 25.3 Å². The van der Waals surface area contributed by atoms with Crippen molar-refractivity contribution in [1.29, 1.82) is 0 Å². The molecule has 0 unspecified atom stereocenters. The van der Waals surface area contributed by atoms with Crippen LogP contribution in [0.1, 0.15) is 44.0 Å². The van der Waals surface area contributed by atoms with Crippen molar-refractivity contribution in [3.63, 3.8) is 0 Å². The SMILES string of the molecule is CCCN(CCC)C(=O)c1cc2cccnc2n(CC)c1=O. The van der Waals surface area contributed by atoms with Crippen molar-refractivity contribution in [3.05, 3.63) is 40.3 Å². The van der Waals surface area contributed by atoms with Gasteiger partial charge in [-0.1, -0.05) is 13.8 Å². The molecule has 2 aromatic rings. The van der Waals surface area contributed by atoms with E-state index < -0.39 is 0 Å². The first kappa shape index (κ1) is 16.2. The molecule has 0 N–H and O–H groups in total. The van der Waals surface area contributed by atoms with Gasteiger partial charge < -0.3 is 4.90 Å². The van der Waals surface area contributed by atoms with Crippen molar-refractivity contribution in [3.8, 4) is 0 Å². The Morgan fingerprint density at radius 1 is 1.23 bits per heavy atom. The van der Waals surface area contributed by atoms with Gasteiger partial charge in [-0.2, -0.15) is 0 Å². The Morgan fingerprint density at radius 3 is 2.50 bits per heavy atom. The van der Waals surface area contributed by atoms with Crippen LogP contribution in [0, 0.1) is 0 Å². The van der Waals surface area contributed by atoms with Gasteiger partial charge in [0.1, 0.15) is 11.2 Å². The molecule has 0 atom stereocenters. The molecule has 2 heterocycles. The molecule has 0 aromatic carbocycles. The number of carbonyl (C=O) groups is 1. The highest BCUT2D eigenvalue weighted by atomic mass is 16.2. The minimum absolute atomic E-state index is 0.179. The smallest absolute Gasteiger partial charge is 0.265 e. The first-order valence-corrected chi connectivity index (χ1v) is 7.91. The van der Waals surface area contributed by atoms with E-state index in [1.165, 1.54) is 0 Å². The van der Waals surface area contributed by atoms with Crippen LogP contribution in [0.15, 0.2) is 29.2 Å². The Kier molecular flexibility index (Phi) is 5.31. The zero-order valence-electron chi connectivity index (χ0n) is 13.5. The largest absolute Gasteiger partial charge is 0.338 e. The number of carbonyl (C=O) groups excluding carboxylic acids is 1. The number of aryl methyl sites for hydroxylation is 1. The van der Waals surface area contributed by atoms with E-state index >= 15 is 0 Å². The molecule has 2 aromatic heterocycles. The highest BCUT2D eigenvalue weighted by Gasteiger charge is 2.20. The Labute approximate surface area is 130 Å². The van der Waals surface area contributed by atoms with Gasteiger partial charge in [-0.15, -0.1) is 0 Å². The molecule has 5 heteroatoms. The Balaban J connectivity index is 2.57. The van der Waals surface area contributed by atoms with Crippen LogP contribution >= 0.6 is 0 Å². The summed E-state index contributed by atoms with van der Waals surface area (Å²) in [5, 5.41) is 0.820. The van der Waals surface area contributed by atoms with Gasteiger partial charge in [-0.3, -0.25) is 14.2 Å². The van der Waals surface area contributed by atoms with Crippen LogP contribution in [0.3, 0.4) is 0 Å². The number of amides is 1. The number of fused-ring (bicyclic) bond motifs is 1. The molecule has 0 radical (unpaired) electrons. The van der Waals surface area contributed by atoms with Crippen molar-refractivity contribution in [2.24, 2.45) is 0 Å². The summed E-state index contributed by atoms with van der Waals surface area (Å²) in [4.78, 5) is 31.4. The lowest BCUT2D eigenvalue weighted by molar-refractivity contribution is 0.0753. The fourth-order valence-electron chi connectivity index (χ4n) is 2.68. The first-order valence-electron chi connectivity index (χ1n) is 7.91. The van der Waals surface area contributed by atoms with Gasteiger partial charge in [-0.25, -0.2) is 4.98 Å². The second-order valence-corrected chi connectivity index (χ2v) is 5.32. The molecule has 0 aliphatic carbocycles. The summed E-state index contributed by atoms with van der Waals surface area (Å²) >= 11 is 0. The molecule has 0 fully saturated rings. The Bertz CT molecular complexity index is 715. The Morgan fingerprint density at radius 2 is 1.91 bits per heavy atom. The third-order valence-corrected chi connectivity index (χ3v) is 3.67. The van der Waals surface area contributed by atoms with Gasteiger partial charge in [0, 0.05) is 31.2 Å². The number of hydrogen-bond donors (Lipinski definition) is 0. The third-order valence-electron chi connectivity index (χ3n) is 3.67. The molecule has 1 amide bonds. The number of pyridine rings is 2. The number of rotatable bonds is 6. The van der Waals surface area contributed by atoms with Crippen LogP contribution in [0.4, 0.5) is 0 Å². The topological polar surface area (TPSA) is 55.2 Å². The van der Waals surface area contributed by atoms with Crippen molar-refractivity contribution in [2.75, 3.05) is 13.1 Å². The minimum Gasteiger partial charge on any atom is -0.338 e. The van der Waals surface area contributed by atoms with Crippen LogP contribution in [0.5, 0.6) is 0 Å². The van der Waals surface area contributed by atoms with Gasteiger partial charge >= 0.3 is 0 Å². The van der Waals surface area contributed by atoms with Crippen molar-refractivity contribution in [2.45, 2.75) is 40.2 Å². The lowest BCUT2D eigenvalue weighted by Crippen LogP contribution is -2.37. The van der Waals surface area contributed by atoms with Crippen molar-refractivity contribution < 1.29 is 4.79 Å². The van der Waals surface area contributed by atoms with Crippen LogP contribution in [-0.2, 0) is 6.54 Å². The summed E-state index contributed by atoms with van der Waals surface area (Å²) in [6.07, 6.45) is 3.42. The van der Waals surface area contributed by atoms with Crippen LogP contribution in [0.2, 0.25) is 0 Å². The molecule has 0 saturated carbocycles.